The van der Waals surface area contributed by atoms with Gasteiger partial charge >= 0.3 is 0 Å². The average molecular weight is 235 g/mol. The lowest BCUT2D eigenvalue weighted by Crippen LogP contribution is -2.29. The Labute approximate surface area is 104 Å². The molecule has 1 aromatic rings. The van der Waals surface area contributed by atoms with E-state index in [4.69, 9.17) is 5.73 Å². The van der Waals surface area contributed by atoms with Gasteiger partial charge in [-0.15, -0.1) is 0 Å². The van der Waals surface area contributed by atoms with Crippen LogP contribution in [0.2, 0.25) is 0 Å². The van der Waals surface area contributed by atoms with Crippen molar-refractivity contribution in [3.8, 4) is 0 Å². The van der Waals surface area contributed by atoms with Gasteiger partial charge in [0.1, 0.15) is 0 Å². The SMILES string of the molecule is CC(C)(C)c1cncn1C(CN)C1CCCC1. The molecule has 3 nitrogen and oxygen atoms in total. The maximum atomic E-state index is 6.01. The quantitative estimate of drug-likeness (QED) is 0.875. The van der Waals surface area contributed by atoms with Gasteiger partial charge in [0.05, 0.1) is 6.33 Å². The molecule has 1 aliphatic rings. The maximum Gasteiger partial charge on any atom is 0.0951 e. The van der Waals surface area contributed by atoms with Gasteiger partial charge < -0.3 is 10.3 Å². The van der Waals surface area contributed by atoms with Gasteiger partial charge in [-0.1, -0.05) is 33.6 Å². The van der Waals surface area contributed by atoms with Crippen molar-refractivity contribution in [1.82, 2.24) is 9.55 Å². The van der Waals surface area contributed by atoms with Crippen molar-refractivity contribution in [1.29, 1.82) is 0 Å². The molecule has 2 rings (SSSR count). The Kier molecular flexibility index (Phi) is 3.57. The molecule has 0 bridgehead atoms. The number of hydrogen-bond acceptors (Lipinski definition) is 2. The molecule has 2 N–H and O–H groups in total. The van der Waals surface area contributed by atoms with Crippen molar-refractivity contribution in [3.63, 3.8) is 0 Å². The summed E-state index contributed by atoms with van der Waals surface area (Å²) in [5.41, 5.74) is 7.45. The van der Waals surface area contributed by atoms with Crippen LogP contribution in [0.15, 0.2) is 12.5 Å². The number of hydrogen-bond donors (Lipinski definition) is 1. The van der Waals surface area contributed by atoms with Crippen molar-refractivity contribution < 1.29 is 0 Å². The van der Waals surface area contributed by atoms with Crippen molar-refractivity contribution in [2.75, 3.05) is 6.54 Å². The Balaban J connectivity index is 2.27. The monoisotopic (exact) mass is 235 g/mol. The first kappa shape index (κ1) is 12.6. The molecule has 3 heteroatoms. The van der Waals surface area contributed by atoms with E-state index in [0.29, 0.717) is 6.04 Å². The molecule has 0 spiro atoms. The zero-order valence-corrected chi connectivity index (χ0v) is 11.3. The second-order valence-corrected chi connectivity index (χ2v) is 6.28. The smallest absolute Gasteiger partial charge is 0.0951 e. The molecule has 1 heterocycles. The standard InChI is InChI=1S/C14H25N3/c1-14(2,3)13-9-16-10-17(13)12(8-15)11-6-4-5-7-11/h9-12H,4-8,15H2,1-3H3. The third kappa shape index (κ3) is 2.54. The third-order valence-corrected chi connectivity index (χ3v) is 3.98. The highest BCUT2D eigenvalue weighted by Crippen LogP contribution is 2.36. The third-order valence-electron chi connectivity index (χ3n) is 3.98. The van der Waals surface area contributed by atoms with E-state index < -0.39 is 0 Å². The van der Waals surface area contributed by atoms with Gasteiger partial charge in [0.2, 0.25) is 0 Å². The Morgan fingerprint density at radius 2 is 2.06 bits per heavy atom. The molecule has 1 fully saturated rings. The molecule has 1 atom stereocenters. The fourth-order valence-electron chi connectivity index (χ4n) is 3.03. The van der Waals surface area contributed by atoms with E-state index in [0.717, 1.165) is 12.5 Å². The average Bonchev–Trinajstić information content (AvgIpc) is 2.87. The molecular formula is C14H25N3. The number of nitrogens with zero attached hydrogens (tertiary/aromatic N) is 2. The van der Waals surface area contributed by atoms with Crippen molar-refractivity contribution >= 4 is 0 Å². The van der Waals surface area contributed by atoms with E-state index in [9.17, 15) is 0 Å². The molecule has 1 aliphatic carbocycles. The van der Waals surface area contributed by atoms with E-state index in [1.54, 1.807) is 0 Å². The van der Waals surface area contributed by atoms with Crippen LogP contribution in [0, 0.1) is 5.92 Å². The molecule has 1 aromatic heterocycles. The fraction of sp³-hybridized carbons (Fsp3) is 0.786. The van der Waals surface area contributed by atoms with E-state index in [1.165, 1.54) is 31.4 Å². The first-order valence-electron chi connectivity index (χ1n) is 6.76. The van der Waals surface area contributed by atoms with Crippen molar-refractivity contribution in [3.05, 3.63) is 18.2 Å². The van der Waals surface area contributed by atoms with Gasteiger partial charge in [0.15, 0.2) is 0 Å². The topological polar surface area (TPSA) is 43.8 Å². The van der Waals surface area contributed by atoms with Crippen LogP contribution in [-0.4, -0.2) is 16.1 Å². The molecule has 0 saturated heterocycles. The zero-order valence-electron chi connectivity index (χ0n) is 11.3. The van der Waals surface area contributed by atoms with Crippen molar-refractivity contribution in [2.45, 2.75) is 57.9 Å². The van der Waals surface area contributed by atoms with Crippen LogP contribution in [0.3, 0.4) is 0 Å². The summed E-state index contributed by atoms with van der Waals surface area (Å²) in [4.78, 5) is 4.34. The van der Waals surface area contributed by atoms with Gasteiger partial charge in [-0.3, -0.25) is 0 Å². The number of imidazole rings is 1. The van der Waals surface area contributed by atoms with E-state index in [2.05, 4.69) is 30.3 Å². The largest absolute Gasteiger partial charge is 0.329 e. The highest BCUT2D eigenvalue weighted by molar-refractivity contribution is 5.12. The summed E-state index contributed by atoms with van der Waals surface area (Å²) in [5.74, 6) is 0.746. The van der Waals surface area contributed by atoms with E-state index in [1.807, 2.05) is 12.5 Å². The second-order valence-electron chi connectivity index (χ2n) is 6.28. The lowest BCUT2D eigenvalue weighted by molar-refractivity contribution is 0.323. The summed E-state index contributed by atoms with van der Waals surface area (Å²) in [6.07, 6.45) is 9.34. The van der Waals surface area contributed by atoms with E-state index >= 15 is 0 Å². The summed E-state index contributed by atoms with van der Waals surface area (Å²) in [5, 5.41) is 0. The Bertz CT molecular complexity index is 356. The summed E-state index contributed by atoms with van der Waals surface area (Å²) in [7, 11) is 0. The lowest BCUT2D eigenvalue weighted by Gasteiger charge is -2.29. The summed E-state index contributed by atoms with van der Waals surface area (Å²) in [6.45, 7) is 7.44. The summed E-state index contributed by atoms with van der Waals surface area (Å²) in [6, 6.07) is 0.439. The van der Waals surface area contributed by atoms with Crippen LogP contribution in [0.5, 0.6) is 0 Å². The van der Waals surface area contributed by atoms with Crippen LogP contribution >= 0.6 is 0 Å². The highest BCUT2D eigenvalue weighted by Gasteiger charge is 2.29. The molecule has 0 amide bonds. The molecular weight excluding hydrogens is 210 g/mol. The normalized spacial score (nSPS) is 19.8. The minimum atomic E-state index is 0.141. The molecule has 96 valence electrons. The van der Waals surface area contributed by atoms with Gasteiger partial charge in [0.25, 0.3) is 0 Å². The molecule has 0 aliphatic heterocycles. The summed E-state index contributed by atoms with van der Waals surface area (Å²) >= 11 is 0. The number of nitrogens with two attached hydrogens (primary N) is 1. The zero-order chi connectivity index (χ0) is 12.5. The van der Waals surface area contributed by atoms with Gasteiger partial charge in [-0.2, -0.15) is 0 Å². The first-order chi connectivity index (χ1) is 8.04. The Morgan fingerprint density at radius 1 is 1.41 bits per heavy atom. The minimum absolute atomic E-state index is 0.141. The molecule has 1 saturated carbocycles. The Morgan fingerprint density at radius 3 is 2.59 bits per heavy atom. The highest BCUT2D eigenvalue weighted by atomic mass is 15.1. The summed E-state index contributed by atoms with van der Waals surface area (Å²) < 4.78 is 2.33. The van der Waals surface area contributed by atoms with Crippen LogP contribution in [0.1, 0.15) is 58.2 Å². The predicted octanol–water partition coefficient (Wildman–Crippen LogP) is 2.87. The molecule has 17 heavy (non-hydrogen) atoms. The maximum absolute atomic E-state index is 6.01. The van der Waals surface area contributed by atoms with Crippen molar-refractivity contribution in [2.24, 2.45) is 11.7 Å². The second kappa shape index (κ2) is 4.81. The van der Waals surface area contributed by atoms with Crippen LogP contribution in [0.4, 0.5) is 0 Å². The predicted molar refractivity (Wildman–Crippen MR) is 71.0 cm³/mol. The van der Waals surface area contributed by atoms with Gasteiger partial charge in [-0.05, 0) is 18.8 Å². The Hall–Kier alpha value is -0.830. The van der Waals surface area contributed by atoms with Crippen LogP contribution in [-0.2, 0) is 5.41 Å². The van der Waals surface area contributed by atoms with Crippen LogP contribution in [0.25, 0.3) is 0 Å². The van der Waals surface area contributed by atoms with Gasteiger partial charge in [0, 0.05) is 29.9 Å². The van der Waals surface area contributed by atoms with E-state index in [-0.39, 0.29) is 5.41 Å². The van der Waals surface area contributed by atoms with Gasteiger partial charge in [-0.25, -0.2) is 4.98 Å². The minimum Gasteiger partial charge on any atom is -0.329 e. The number of rotatable bonds is 3. The lowest BCUT2D eigenvalue weighted by atomic mass is 9.90. The molecule has 0 radical (unpaired) electrons. The fourth-order valence-corrected chi connectivity index (χ4v) is 3.03. The van der Waals surface area contributed by atoms with Crippen LogP contribution < -0.4 is 5.73 Å². The molecule has 1 unspecified atom stereocenters. The molecule has 0 aromatic carbocycles. The first-order valence-corrected chi connectivity index (χ1v) is 6.76. The number of aromatic nitrogens is 2.